The number of alkyl halides is 4. The van der Waals surface area contributed by atoms with Crippen molar-refractivity contribution in [2.24, 2.45) is 13.0 Å². The number of anilines is 1. The molecule has 2 fully saturated rings. The van der Waals surface area contributed by atoms with Crippen LogP contribution in [0.2, 0.25) is 5.02 Å². The lowest BCUT2D eigenvalue weighted by molar-refractivity contribution is -0.123. The van der Waals surface area contributed by atoms with E-state index in [0.29, 0.717) is 10.7 Å². The van der Waals surface area contributed by atoms with E-state index >= 15 is 8.78 Å². The van der Waals surface area contributed by atoms with Gasteiger partial charge in [0.2, 0.25) is 21.8 Å². The van der Waals surface area contributed by atoms with Crippen LogP contribution in [0, 0.1) is 17.6 Å². The van der Waals surface area contributed by atoms with Crippen molar-refractivity contribution in [3.8, 4) is 11.6 Å². The zero-order valence-electron chi connectivity index (χ0n) is 32.5. The number of nitrogens with one attached hydrogen (secondary N) is 2. The number of carbonyl (C=O) groups excluding carboxylic acids is 1. The Morgan fingerprint density at radius 1 is 1.05 bits per heavy atom. The quantitative estimate of drug-likeness (QED) is 0.0922. The molecule has 3 atom stereocenters. The Hall–Kier alpha value is -5.74. The van der Waals surface area contributed by atoms with Crippen molar-refractivity contribution in [1.29, 1.82) is 0 Å². The number of amides is 1. The maximum Gasteiger partial charge on any atom is 0.293 e. The van der Waals surface area contributed by atoms with Crippen LogP contribution in [-0.2, 0) is 45.5 Å². The molecule has 9 rings (SSSR count). The van der Waals surface area contributed by atoms with Crippen molar-refractivity contribution in [2.75, 3.05) is 24.2 Å². The van der Waals surface area contributed by atoms with Crippen molar-refractivity contribution >= 4 is 55.3 Å². The lowest BCUT2D eigenvalue weighted by atomic mass is 10.0. The summed E-state index contributed by atoms with van der Waals surface area (Å²) in [6.07, 6.45) is -0.779. The van der Waals surface area contributed by atoms with E-state index in [-0.39, 0.29) is 87.0 Å². The van der Waals surface area contributed by atoms with E-state index in [4.69, 9.17) is 26.1 Å². The molecule has 0 aliphatic heterocycles. The van der Waals surface area contributed by atoms with Crippen LogP contribution < -0.4 is 20.3 Å². The third-order valence-corrected chi connectivity index (χ3v) is 11.7. The molecule has 3 aliphatic carbocycles. The van der Waals surface area contributed by atoms with Gasteiger partial charge in [0.15, 0.2) is 11.5 Å². The van der Waals surface area contributed by atoms with E-state index in [1.165, 1.54) is 36.0 Å². The van der Waals surface area contributed by atoms with Gasteiger partial charge >= 0.3 is 0 Å². The first-order chi connectivity index (χ1) is 29.4. The molecule has 23 heteroatoms. The fourth-order valence-electron chi connectivity index (χ4n) is 8.12. The molecule has 0 bridgehead atoms. The van der Waals surface area contributed by atoms with Crippen molar-refractivity contribution < 1.29 is 49.0 Å². The summed E-state index contributed by atoms with van der Waals surface area (Å²) in [6.45, 7) is -0.648. The predicted octanol–water partition coefficient (Wildman–Crippen LogP) is 5.97. The van der Waals surface area contributed by atoms with Gasteiger partial charge in [0.1, 0.15) is 42.0 Å². The highest BCUT2D eigenvalue weighted by Gasteiger charge is 2.67. The second-order valence-electron chi connectivity index (χ2n) is 15.5. The molecular formula is C39H34ClF6N9O6S. The second-order valence-corrected chi connectivity index (χ2v) is 17.6. The zero-order valence-corrected chi connectivity index (χ0v) is 34.1. The van der Waals surface area contributed by atoms with Crippen LogP contribution in [0.1, 0.15) is 66.0 Å². The Kier molecular flexibility index (Phi) is 10.2. The maximum atomic E-state index is 15.5. The van der Waals surface area contributed by atoms with Gasteiger partial charge in [0, 0.05) is 37.1 Å². The van der Waals surface area contributed by atoms with Gasteiger partial charge in [-0.2, -0.15) is 24.0 Å². The molecule has 15 nitrogen and oxygen atoms in total. The molecule has 2 aromatic carbocycles. The first-order valence-corrected chi connectivity index (χ1v) is 21.5. The van der Waals surface area contributed by atoms with Crippen LogP contribution in [0.3, 0.4) is 0 Å². The molecular weight excluding hydrogens is 872 g/mol. The molecule has 3 aliphatic rings. The molecule has 2 saturated carbocycles. The summed E-state index contributed by atoms with van der Waals surface area (Å²) in [6, 6.07) is 6.55. The first kappa shape index (κ1) is 41.6. The molecule has 0 unspecified atom stereocenters. The monoisotopic (exact) mass is 905 g/mol. The normalized spacial score (nSPS) is 18.3. The topological polar surface area (TPSA) is 177 Å². The van der Waals surface area contributed by atoms with Crippen molar-refractivity contribution in [1.82, 2.24) is 39.4 Å². The van der Waals surface area contributed by atoms with Crippen LogP contribution in [-0.4, -0.2) is 74.0 Å². The second kappa shape index (κ2) is 15.3. The van der Waals surface area contributed by atoms with E-state index in [0.717, 1.165) is 35.8 Å². The average Bonchev–Trinajstić information content (AvgIpc) is 4.09. The van der Waals surface area contributed by atoms with Gasteiger partial charge in [-0.05, 0) is 61.1 Å². The van der Waals surface area contributed by atoms with Gasteiger partial charge in [-0.3, -0.25) is 28.2 Å². The van der Waals surface area contributed by atoms with Gasteiger partial charge in [-0.25, -0.2) is 31.0 Å². The van der Waals surface area contributed by atoms with E-state index in [9.17, 15) is 35.6 Å². The number of fused-ring (bicyclic) bond motifs is 5. The van der Waals surface area contributed by atoms with Crippen molar-refractivity contribution in [3.05, 3.63) is 97.8 Å². The number of hydrogen-bond acceptors (Lipinski definition) is 10. The van der Waals surface area contributed by atoms with E-state index in [1.807, 2.05) is 0 Å². The van der Waals surface area contributed by atoms with Crippen LogP contribution in [0.15, 0.2) is 47.3 Å². The summed E-state index contributed by atoms with van der Waals surface area (Å²) in [5.41, 5.74) is -2.94. The number of aromatic nitrogens is 7. The fraction of sp³-hybridized carbons (Fsp3) is 0.385. The van der Waals surface area contributed by atoms with Crippen LogP contribution in [0.5, 0.6) is 5.88 Å². The summed E-state index contributed by atoms with van der Waals surface area (Å²) in [7, 11) is -2.47. The van der Waals surface area contributed by atoms with E-state index < -0.39 is 87.7 Å². The van der Waals surface area contributed by atoms with Gasteiger partial charge in [0.25, 0.3) is 17.9 Å². The highest BCUT2D eigenvalue weighted by atomic mass is 35.5. The van der Waals surface area contributed by atoms with Crippen LogP contribution in [0.4, 0.5) is 32.2 Å². The minimum Gasteiger partial charge on any atom is -0.475 e. The summed E-state index contributed by atoms with van der Waals surface area (Å²) in [5.74, 6) is -9.13. The highest BCUT2D eigenvalue weighted by Crippen LogP contribution is 2.68. The Morgan fingerprint density at radius 3 is 2.48 bits per heavy atom. The molecule has 326 valence electrons. The smallest absolute Gasteiger partial charge is 0.293 e. The van der Waals surface area contributed by atoms with Gasteiger partial charge < -0.3 is 14.8 Å². The Bertz CT molecular complexity index is 2970. The molecule has 62 heavy (non-hydrogen) atoms. The summed E-state index contributed by atoms with van der Waals surface area (Å²) in [5, 5.41) is 10.6. The molecule has 4 heterocycles. The summed E-state index contributed by atoms with van der Waals surface area (Å²) < 4.78 is 130. The largest absolute Gasteiger partial charge is 0.475 e. The Balaban J connectivity index is 1.21. The number of rotatable bonds is 15. The SMILES string of the molecule is Cn1nc(NS(C)(=O)=O)c2c(Cl)ccc(-n3c([C@H](Cc4cc(F)cc(F)c4)NC(=O)Cn4nc(C(F)F)c5c4C(F)(F)[C@@H]4C[C@H]54)nc4nc(OCCOC5CC5)ccc4c3=O)c21. The lowest BCUT2D eigenvalue weighted by Crippen LogP contribution is -2.38. The minimum atomic E-state index is -3.92. The predicted molar refractivity (Wildman–Crippen MR) is 210 cm³/mol. The number of nitrogens with zero attached hydrogens (tertiary/aromatic N) is 7. The fourth-order valence-corrected chi connectivity index (χ4v) is 8.86. The highest BCUT2D eigenvalue weighted by molar-refractivity contribution is 7.92. The number of sulfonamides is 1. The van der Waals surface area contributed by atoms with Crippen molar-refractivity contribution in [2.45, 2.75) is 62.6 Å². The number of hydrogen-bond donors (Lipinski definition) is 2. The molecule has 4 aromatic heterocycles. The molecule has 1 amide bonds. The maximum absolute atomic E-state index is 15.5. The number of carbonyl (C=O) groups is 1. The van der Waals surface area contributed by atoms with Gasteiger partial charge in [-0.15, -0.1) is 0 Å². The third-order valence-electron chi connectivity index (χ3n) is 10.9. The van der Waals surface area contributed by atoms with Crippen molar-refractivity contribution in [3.63, 3.8) is 0 Å². The number of benzene rings is 2. The van der Waals surface area contributed by atoms with Crippen LogP contribution in [0.25, 0.3) is 27.6 Å². The van der Waals surface area contributed by atoms with E-state index in [2.05, 4.69) is 25.2 Å². The number of pyridine rings is 1. The number of ether oxygens (including phenoxy) is 2. The number of halogens is 7. The molecule has 6 aromatic rings. The molecule has 0 radical (unpaired) electrons. The average molecular weight is 906 g/mol. The summed E-state index contributed by atoms with van der Waals surface area (Å²) in [4.78, 5) is 38.1. The van der Waals surface area contributed by atoms with Gasteiger partial charge in [0.05, 0.1) is 52.0 Å². The third kappa shape index (κ3) is 7.71. The Labute approximate surface area is 352 Å². The number of aryl methyl sites for hydroxylation is 1. The molecule has 2 N–H and O–H groups in total. The molecule has 0 saturated heterocycles. The van der Waals surface area contributed by atoms with Crippen LogP contribution >= 0.6 is 11.6 Å². The Morgan fingerprint density at radius 2 is 1.79 bits per heavy atom. The van der Waals surface area contributed by atoms with Gasteiger partial charge in [-0.1, -0.05) is 11.6 Å². The first-order valence-electron chi connectivity index (χ1n) is 19.2. The minimum absolute atomic E-state index is 0.00941. The molecule has 0 spiro atoms. The lowest BCUT2D eigenvalue weighted by Gasteiger charge is -2.24. The summed E-state index contributed by atoms with van der Waals surface area (Å²) >= 11 is 6.61. The van der Waals surface area contributed by atoms with E-state index in [1.54, 1.807) is 0 Å². The standard InChI is InChI=1S/C39H34ClF6N9O6S/c1-53-32-26(7-6-24(40)30(32)36(51-53)52-62(2,58)59)55-37(49-35-21(38(55)57)5-8-28(48-35)61-10-9-60-20-3-4-20)25(13-17-11-18(41)14-19(42)12-17)47-27(56)16-54-33-29(31(50-54)34(43)44)22-15-23(22)39(33,45)46/h5-8,11-12,14,20,22-23,25,34H,3-4,9-10,13,15-16H2,1-2H3,(H,47,56)(H,51,52)/t22-,23+,25-/m0/s1. The zero-order chi connectivity index (χ0) is 44.0.